The summed E-state index contributed by atoms with van der Waals surface area (Å²) in [6.45, 7) is 2.81. The van der Waals surface area contributed by atoms with Gasteiger partial charge >= 0.3 is 5.97 Å². The Kier molecular flexibility index (Phi) is 4.85. The molecule has 0 radical (unpaired) electrons. The third-order valence-corrected chi connectivity index (χ3v) is 4.25. The van der Waals surface area contributed by atoms with Crippen LogP contribution in [0.25, 0.3) is 0 Å². The molecule has 1 aromatic rings. The molecule has 0 bridgehead atoms. The maximum Gasteiger partial charge on any atom is 0.337 e. The van der Waals surface area contributed by atoms with E-state index in [1.54, 1.807) is 12.1 Å². The van der Waals surface area contributed by atoms with Crippen molar-refractivity contribution in [1.29, 1.82) is 0 Å². The van der Waals surface area contributed by atoms with Gasteiger partial charge in [0.2, 0.25) is 5.91 Å². The maximum absolute atomic E-state index is 12.5. The second kappa shape index (κ2) is 6.45. The Balaban J connectivity index is 2.22. The first-order valence-corrected chi connectivity index (χ1v) is 7.34. The van der Waals surface area contributed by atoms with E-state index in [2.05, 4.69) is 15.4 Å². The van der Waals surface area contributed by atoms with Crippen molar-refractivity contribution in [1.82, 2.24) is 5.32 Å². The van der Waals surface area contributed by atoms with Gasteiger partial charge in [-0.25, -0.2) is 4.79 Å². The molecule has 1 fully saturated rings. The lowest BCUT2D eigenvalue weighted by atomic mass is 9.93. The summed E-state index contributed by atoms with van der Waals surface area (Å²) < 4.78 is 4.67. The summed E-state index contributed by atoms with van der Waals surface area (Å²) in [5.41, 5.74) is 0.221. The van der Waals surface area contributed by atoms with E-state index in [9.17, 15) is 9.59 Å². The average molecular weight is 311 g/mol. The Morgan fingerprint density at radius 2 is 2.24 bits per heavy atom. The maximum atomic E-state index is 12.5. The molecular weight excluding hydrogens is 292 g/mol. The van der Waals surface area contributed by atoms with Crippen molar-refractivity contribution in [2.45, 2.75) is 31.7 Å². The van der Waals surface area contributed by atoms with Crippen LogP contribution in [0, 0.1) is 0 Å². The molecule has 1 heterocycles. The number of ether oxygens (including phenoxy) is 1. The molecule has 5 nitrogen and oxygen atoms in total. The van der Waals surface area contributed by atoms with Gasteiger partial charge in [-0.15, -0.1) is 0 Å². The van der Waals surface area contributed by atoms with Crippen molar-refractivity contribution >= 4 is 29.2 Å². The van der Waals surface area contributed by atoms with Gasteiger partial charge in [-0.2, -0.15) is 0 Å². The number of methoxy groups -OCH3 is 1. The van der Waals surface area contributed by atoms with Crippen LogP contribution in [0.3, 0.4) is 0 Å². The van der Waals surface area contributed by atoms with Crippen LogP contribution < -0.4 is 10.6 Å². The van der Waals surface area contributed by atoms with Gasteiger partial charge in [-0.3, -0.25) is 4.79 Å². The molecule has 1 atom stereocenters. The van der Waals surface area contributed by atoms with E-state index in [0.717, 1.165) is 19.4 Å². The zero-order chi connectivity index (χ0) is 15.5. The average Bonchev–Trinajstić information content (AvgIpc) is 2.98. The lowest BCUT2D eigenvalue weighted by Crippen LogP contribution is -2.50. The van der Waals surface area contributed by atoms with E-state index in [1.165, 1.54) is 13.2 Å². The molecule has 0 aliphatic carbocycles. The van der Waals surface area contributed by atoms with Crippen molar-refractivity contribution in [2.75, 3.05) is 19.0 Å². The molecule has 1 aliphatic heterocycles. The van der Waals surface area contributed by atoms with Crippen LogP contribution in [-0.4, -0.2) is 31.1 Å². The number of rotatable bonds is 4. The standard InChI is InChI=1S/C15H19ClN2O3/c1-3-15(7-4-8-17-15)14(20)18-12-9-10(13(19)21-2)5-6-11(12)16/h5-6,9,17H,3-4,7-8H2,1-2H3,(H,18,20). The fraction of sp³-hybridized carbons (Fsp3) is 0.467. The third kappa shape index (κ3) is 3.19. The number of carbonyl (C=O) groups excluding carboxylic acids is 2. The van der Waals surface area contributed by atoms with Crippen molar-refractivity contribution in [3.8, 4) is 0 Å². The van der Waals surface area contributed by atoms with E-state index in [1.807, 2.05) is 6.92 Å². The van der Waals surface area contributed by atoms with Gasteiger partial charge in [-0.1, -0.05) is 18.5 Å². The number of hydrogen-bond acceptors (Lipinski definition) is 4. The molecule has 21 heavy (non-hydrogen) atoms. The van der Waals surface area contributed by atoms with Gasteiger partial charge < -0.3 is 15.4 Å². The highest BCUT2D eigenvalue weighted by molar-refractivity contribution is 6.34. The summed E-state index contributed by atoms with van der Waals surface area (Å²) in [5, 5.41) is 6.47. The van der Waals surface area contributed by atoms with E-state index >= 15 is 0 Å². The van der Waals surface area contributed by atoms with Crippen LogP contribution >= 0.6 is 11.6 Å². The van der Waals surface area contributed by atoms with E-state index < -0.39 is 11.5 Å². The molecule has 1 unspecified atom stereocenters. The summed E-state index contributed by atoms with van der Waals surface area (Å²) in [6.07, 6.45) is 2.47. The minimum Gasteiger partial charge on any atom is -0.465 e. The van der Waals surface area contributed by atoms with Gasteiger partial charge in [0.25, 0.3) is 0 Å². The number of carbonyl (C=O) groups is 2. The molecule has 114 valence electrons. The lowest BCUT2D eigenvalue weighted by Gasteiger charge is -2.27. The zero-order valence-electron chi connectivity index (χ0n) is 12.2. The molecule has 2 N–H and O–H groups in total. The number of benzene rings is 1. The number of halogens is 1. The summed E-state index contributed by atoms with van der Waals surface area (Å²) >= 11 is 6.10. The number of nitrogens with one attached hydrogen (secondary N) is 2. The number of amides is 1. The zero-order valence-corrected chi connectivity index (χ0v) is 12.9. The summed E-state index contributed by atoms with van der Waals surface area (Å²) in [5.74, 6) is -0.585. The molecule has 1 aliphatic rings. The SMILES string of the molecule is CCC1(C(=O)Nc2cc(C(=O)OC)ccc2Cl)CCCN1. The van der Waals surface area contributed by atoms with Crippen LogP contribution in [0.4, 0.5) is 5.69 Å². The van der Waals surface area contributed by atoms with Gasteiger partial charge in [0.15, 0.2) is 0 Å². The number of esters is 1. The molecule has 1 saturated heterocycles. The van der Waals surface area contributed by atoms with E-state index in [0.29, 0.717) is 22.7 Å². The van der Waals surface area contributed by atoms with Crippen LogP contribution in [0.2, 0.25) is 5.02 Å². The smallest absolute Gasteiger partial charge is 0.337 e. The van der Waals surface area contributed by atoms with Gasteiger partial charge in [-0.05, 0) is 44.0 Å². The van der Waals surface area contributed by atoms with Gasteiger partial charge in [0.05, 0.1) is 28.9 Å². The predicted molar refractivity (Wildman–Crippen MR) is 81.7 cm³/mol. The Labute approximate surface area is 129 Å². The van der Waals surface area contributed by atoms with Crippen molar-refractivity contribution in [3.05, 3.63) is 28.8 Å². The second-order valence-corrected chi connectivity index (χ2v) is 5.51. The van der Waals surface area contributed by atoms with Crippen LogP contribution in [0.15, 0.2) is 18.2 Å². The van der Waals surface area contributed by atoms with Crippen LogP contribution in [0.5, 0.6) is 0 Å². The Bertz CT molecular complexity index is 554. The molecule has 6 heteroatoms. The minimum atomic E-state index is -0.551. The predicted octanol–water partition coefficient (Wildman–Crippen LogP) is 2.60. The van der Waals surface area contributed by atoms with Crippen LogP contribution in [-0.2, 0) is 9.53 Å². The van der Waals surface area contributed by atoms with Gasteiger partial charge in [0.1, 0.15) is 0 Å². The largest absolute Gasteiger partial charge is 0.465 e. The molecule has 0 aromatic heterocycles. The minimum absolute atomic E-state index is 0.119. The first-order chi connectivity index (χ1) is 10.0. The molecule has 2 rings (SSSR count). The summed E-state index contributed by atoms with van der Waals surface area (Å²) in [4.78, 5) is 24.1. The van der Waals surface area contributed by atoms with Crippen LogP contribution in [0.1, 0.15) is 36.5 Å². The van der Waals surface area contributed by atoms with E-state index in [-0.39, 0.29) is 5.91 Å². The fourth-order valence-electron chi connectivity index (χ4n) is 2.57. The number of anilines is 1. The van der Waals surface area contributed by atoms with Crippen molar-refractivity contribution < 1.29 is 14.3 Å². The highest BCUT2D eigenvalue weighted by Crippen LogP contribution is 2.28. The molecule has 1 amide bonds. The molecule has 1 aromatic carbocycles. The molecule has 0 spiro atoms. The second-order valence-electron chi connectivity index (χ2n) is 5.11. The Morgan fingerprint density at radius 3 is 2.81 bits per heavy atom. The van der Waals surface area contributed by atoms with Gasteiger partial charge in [0, 0.05) is 0 Å². The quantitative estimate of drug-likeness (QED) is 0.839. The van der Waals surface area contributed by atoms with Crippen molar-refractivity contribution in [2.24, 2.45) is 0 Å². The normalized spacial score (nSPS) is 21.1. The monoisotopic (exact) mass is 310 g/mol. The van der Waals surface area contributed by atoms with E-state index in [4.69, 9.17) is 11.6 Å². The Hall–Kier alpha value is -1.59. The lowest BCUT2D eigenvalue weighted by molar-refractivity contribution is -0.122. The Morgan fingerprint density at radius 1 is 1.48 bits per heavy atom. The third-order valence-electron chi connectivity index (χ3n) is 3.92. The molecular formula is C15H19ClN2O3. The molecule has 0 saturated carbocycles. The summed E-state index contributed by atoms with van der Waals surface area (Å²) in [7, 11) is 1.31. The number of hydrogen-bond donors (Lipinski definition) is 2. The highest BCUT2D eigenvalue weighted by atomic mass is 35.5. The first kappa shape index (κ1) is 15.8. The first-order valence-electron chi connectivity index (χ1n) is 6.97. The topological polar surface area (TPSA) is 67.4 Å². The highest BCUT2D eigenvalue weighted by Gasteiger charge is 2.39. The van der Waals surface area contributed by atoms with Crippen molar-refractivity contribution in [3.63, 3.8) is 0 Å². The summed E-state index contributed by atoms with van der Waals surface area (Å²) in [6, 6.07) is 4.67. The fourth-order valence-corrected chi connectivity index (χ4v) is 2.73.